The van der Waals surface area contributed by atoms with E-state index < -0.39 is 11.9 Å². The van der Waals surface area contributed by atoms with Gasteiger partial charge in [0.25, 0.3) is 5.91 Å². The highest BCUT2D eigenvalue weighted by atomic mass is 19.1. The molecule has 1 aliphatic carbocycles. The van der Waals surface area contributed by atoms with Crippen LogP contribution >= 0.6 is 0 Å². The zero-order valence-corrected chi connectivity index (χ0v) is 8.78. The van der Waals surface area contributed by atoms with Crippen LogP contribution in [0.5, 0.6) is 0 Å². The topological polar surface area (TPSA) is 51.2 Å². The molecule has 1 aromatic rings. The zero-order chi connectivity index (χ0) is 11.4. The van der Waals surface area contributed by atoms with Crippen molar-refractivity contribution in [3.05, 3.63) is 29.8 Å². The van der Waals surface area contributed by atoms with Crippen LogP contribution in [-0.2, 0) is 4.84 Å². The average molecular weight is 224 g/mol. The van der Waals surface area contributed by atoms with Gasteiger partial charge in [-0.25, -0.2) is 10.5 Å². The van der Waals surface area contributed by atoms with Crippen LogP contribution in [0.2, 0.25) is 0 Å². The number of nitrogens with one attached hydrogen (secondary N) is 1. The Labute approximate surface area is 92.8 Å². The Morgan fingerprint density at radius 1 is 1.50 bits per heavy atom. The first-order valence-corrected chi connectivity index (χ1v) is 5.34. The van der Waals surface area contributed by atoms with Crippen LogP contribution in [0, 0.1) is 5.95 Å². The second kappa shape index (κ2) is 5.03. The molecule has 0 unspecified atom stereocenters. The van der Waals surface area contributed by atoms with Crippen LogP contribution in [0.15, 0.2) is 18.3 Å². The van der Waals surface area contributed by atoms with Crippen molar-refractivity contribution in [2.45, 2.75) is 31.8 Å². The molecule has 4 nitrogen and oxygen atoms in total. The second-order valence-corrected chi connectivity index (χ2v) is 3.80. The van der Waals surface area contributed by atoms with E-state index in [1.807, 2.05) is 0 Å². The van der Waals surface area contributed by atoms with Crippen molar-refractivity contribution in [2.24, 2.45) is 0 Å². The Kier molecular flexibility index (Phi) is 3.46. The molecule has 1 N–H and O–H groups in total. The molecule has 86 valence electrons. The molecule has 2 rings (SSSR count). The smallest absolute Gasteiger partial charge is 0.270 e. The molecule has 0 atom stereocenters. The summed E-state index contributed by atoms with van der Waals surface area (Å²) in [5, 5.41) is 0. The molecule has 1 amide bonds. The number of halogens is 1. The number of amides is 1. The molecule has 0 aliphatic heterocycles. The van der Waals surface area contributed by atoms with E-state index in [1.165, 1.54) is 18.3 Å². The van der Waals surface area contributed by atoms with Crippen molar-refractivity contribution in [3.8, 4) is 0 Å². The van der Waals surface area contributed by atoms with Crippen LogP contribution in [-0.4, -0.2) is 17.0 Å². The van der Waals surface area contributed by atoms with Gasteiger partial charge in [0.1, 0.15) is 0 Å². The Balaban J connectivity index is 1.90. The normalized spacial score (nSPS) is 16.3. The molecule has 1 heterocycles. The van der Waals surface area contributed by atoms with E-state index in [4.69, 9.17) is 4.84 Å². The second-order valence-electron chi connectivity index (χ2n) is 3.80. The summed E-state index contributed by atoms with van der Waals surface area (Å²) in [6, 6.07) is 2.88. The minimum Gasteiger partial charge on any atom is -0.270 e. The number of carbonyl (C=O) groups is 1. The number of hydroxylamine groups is 1. The van der Waals surface area contributed by atoms with E-state index in [9.17, 15) is 9.18 Å². The summed E-state index contributed by atoms with van der Waals surface area (Å²) < 4.78 is 13.1. The van der Waals surface area contributed by atoms with Gasteiger partial charge < -0.3 is 0 Å². The first kappa shape index (κ1) is 11.0. The first-order valence-electron chi connectivity index (χ1n) is 5.34. The van der Waals surface area contributed by atoms with Gasteiger partial charge in [-0.2, -0.15) is 4.39 Å². The van der Waals surface area contributed by atoms with Crippen LogP contribution in [0.25, 0.3) is 0 Å². The molecule has 0 saturated heterocycles. The number of hydrogen-bond acceptors (Lipinski definition) is 3. The van der Waals surface area contributed by atoms with Gasteiger partial charge in [-0.15, -0.1) is 0 Å². The first-order chi connectivity index (χ1) is 7.77. The predicted molar refractivity (Wildman–Crippen MR) is 55.0 cm³/mol. The Bertz CT molecular complexity index is 378. The number of hydrogen-bond donors (Lipinski definition) is 1. The predicted octanol–water partition coefficient (Wildman–Crippen LogP) is 1.82. The lowest BCUT2D eigenvalue weighted by Crippen LogP contribution is -2.29. The van der Waals surface area contributed by atoms with E-state index in [0.29, 0.717) is 0 Å². The molecule has 5 heteroatoms. The number of aromatic nitrogens is 1. The molecule has 16 heavy (non-hydrogen) atoms. The van der Waals surface area contributed by atoms with Gasteiger partial charge >= 0.3 is 0 Å². The molecule has 1 fully saturated rings. The molecular weight excluding hydrogens is 211 g/mol. The summed E-state index contributed by atoms with van der Waals surface area (Å²) in [5.74, 6) is -1.37. The SMILES string of the molecule is O=C(NOC1CCCC1)c1cccnc1F. The van der Waals surface area contributed by atoms with E-state index in [-0.39, 0.29) is 11.7 Å². The summed E-state index contributed by atoms with van der Waals surface area (Å²) >= 11 is 0. The monoisotopic (exact) mass is 224 g/mol. The molecule has 1 saturated carbocycles. The number of nitrogens with zero attached hydrogens (tertiary/aromatic N) is 1. The number of carbonyl (C=O) groups excluding carboxylic acids is 1. The van der Waals surface area contributed by atoms with Gasteiger partial charge in [-0.3, -0.25) is 9.63 Å². The van der Waals surface area contributed by atoms with Crippen LogP contribution in [0.3, 0.4) is 0 Å². The molecule has 0 bridgehead atoms. The van der Waals surface area contributed by atoms with Crippen molar-refractivity contribution in [1.29, 1.82) is 0 Å². The summed E-state index contributed by atoms with van der Waals surface area (Å²) in [4.78, 5) is 20.1. The standard InChI is InChI=1S/C11H13FN2O2/c12-10-9(6-3-7-13-10)11(15)14-16-8-4-1-2-5-8/h3,6-8H,1-2,4-5H2,(H,14,15). The lowest BCUT2D eigenvalue weighted by molar-refractivity contribution is -0.0127. The van der Waals surface area contributed by atoms with Crippen LogP contribution in [0.1, 0.15) is 36.0 Å². The average Bonchev–Trinajstić information content (AvgIpc) is 2.79. The maximum atomic E-state index is 13.1. The largest absolute Gasteiger partial charge is 0.279 e. The zero-order valence-electron chi connectivity index (χ0n) is 8.78. The van der Waals surface area contributed by atoms with Crippen molar-refractivity contribution in [3.63, 3.8) is 0 Å². The summed E-state index contributed by atoms with van der Waals surface area (Å²) in [5.41, 5.74) is 2.17. The van der Waals surface area contributed by atoms with Crippen LogP contribution < -0.4 is 5.48 Å². The maximum absolute atomic E-state index is 13.1. The van der Waals surface area contributed by atoms with E-state index in [0.717, 1.165) is 25.7 Å². The molecule has 1 aliphatic rings. The highest BCUT2D eigenvalue weighted by Crippen LogP contribution is 2.20. The highest BCUT2D eigenvalue weighted by Gasteiger charge is 2.18. The van der Waals surface area contributed by atoms with E-state index in [2.05, 4.69) is 10.5 Å². The van der Waals surface area contributed by atoms with Crippen molar-refractivity contribution >= 4 is 5.91 Å². The van der Waals surface area contributed by atoms with Gasteiger partial charge in [0.2, 0.25) is 5.95 Å². The fourth-order valence-corrected chi connectivity index (χ4v) is 1.75. The third-order valence-electron chi connectivity index (χ3n) is 2.62. The fourth-order valence-electron chi connectivity index (χ4n) is 1.75. The molecule has 0 spiro atoms. The van der Waals surface area contributed by atoms with Gasteiger partial charge in [0.15, 0.2) is 0 Å². The molecular formula is C11H13FN2O2. The molecule has 0 radical (unpaired) electrons. The Morgan fingerprint density at radius 3 is 2.94 bits per heavy atom. The van der Waals surface area contributed by atoms with Crippen molar-refractivity contribution in [2.75, 3.05) is 0 Å². The van der Waals surface area contributed by atoms with Gasteiger partial charge in [0, 0.05) is 6.20 Å². The maximum Gasteiger partial charge on any atom is 0.279 e. The summed E-state index contributed by atoms with van der Waals surface area (Å²) in [6.45, 7) is 0. The molecule has 0 aromatic carbocycles. The Morgan fingerprint density at radius 2 is 2.25 bits per heavy atom. The number of pyridine rings is 1. The van der Waals surface area contributed by atoms with Crippen LogP contribution in [0.4, 0.5) is 4.39 Å². The van der Waals surface area contributed by atoms with Gasteiger partial charge in [0.05, 0.1) is 11.7 Å². The van der Waals surface area contributed by atoms with Gasteiger partial charge in [-0.1, -0.05) is 12.8 Å². The van der Waals surface area contributed by atoms with Crippen molar-refractivity contribution < 1.29 is 14.0 Å². The van der Waals surface area contributed by atoms with Gasteiger partial charge in [-0.05, 0) is 25.0 Å². The Hall–Kier alpha value is -1.49. The van der Waals surface area contributed by atoms with Crippen molar-refractivity contribution in [1.82, 2.24) is 10.5 Å². The molecule has 1 aromatic heterocycles. The lowest BCUT2D eigenvalue weighted by Gasteiger charge is -2.11. The summed E-state index contributed by atoms with van der Waals surface area (Å²) in [7, 11) is 0. The highest BCUT2D eigenvalue weighted by molar-refractivity contribution is 5.93. The summed E-state index contributed by atoms with van der Waals surface area (Å²) in [6.07, 6.45) is 5.46. The van der Waals surface area contributed by atoms with E-state index >= 15 is 0 Å². The number of rotatable bonds is 3. The lowest BCUT2D eigenvalue weighted by atomic mass is 10.3. The fraction of sp³-hybridized carbons (Fsp3) is 0.455. The minimum atomic E-state index is -0.782. The third-order valence-corrected chi connectivity index (χ3v) is 2.62. The third kappa shape index (κ3) is 2.55. The quantitative estimate of drug-likeness (QED) is 0.629. The minimum absolute atomic E-state index is 0.0590. The van der Waals surface area contributed by atoms with E-state index in [1.54, 1.807) is 0 Å².